The first-order valence-corrected chi connectivity index (χ1v) is 7.97. The average molecular weight is 383 g/mol. The van der Waals surface area contributed by atoms with Crippen molar-refractivity contribution in [2.45, 2.75) is 12.3 Å². The minimum atomic E-state index is -4.40. The van der Waals surface area contributed by atoms with Crippen LogP contribution in [-0.2, 0) is 6.18 Å². The standard InChI is InChI=1S/C18H20F3N3O3/c1-26-16-5-3-2-4-15(16)24-17(22)23-10-13(25)11-27-14-8-6-12(7-9-14)18(19,20)21/h2-9,13,25H,10-11H2,1H3,(H3,22,23,24). The molecule has 0 fully saturated rings. The third kappa shape index (κ3) is 6.37. The third-order valence-corrected chi connectivity index (χ3v) is 3.47. The van der Waals surface area contributed by atoms with Crippen LogP contribution in [0.1, 0.15) is 5.56 Å². The summed E-state index contributed by atoms with van der Waals surface area (Å²) in [6, 6.07) is 11.3. The second-order valence-electron chi connectivity index (χ2n) is 5.54. The molecule has 0 amide bonds. The number of aliphatic hydroxyl groups excluding tert-OH is 1. The van der Waals surface area contributed by atoms with Crippen LogP contribution in [0.3, 0.4) is 0 Å². The third-order valence-electron chi connectivity index (χ3n) is 3.47. The molecule has 0 bridgehead atoms. The first kappa shape index (κ1) is 20.4. The fourth-order valence-electron chi connectivity index (χ4n) is 2.11. The molecule has 0 spiro atoms. The molecule has 9 heteroatoms. The molecule has 4 N–H and O–H groups in total. The Bertz CT molecular complexity index is 764. The Balaban J connectivity index is 1.83. The normalized spacial score (nSPS) is 13.1. The highest BCUT2D eigenvalue weighted by Crippen LogP contribution is 2.30. The smallest absolute Gasteiger partial charge is 0.416 e. The number of aliphatic hydroxyl groups is 1. The summed E-state index contributed by atoms with van der Waals surface area (Å²) in [5.74, 6) is 0.876. The molecule has 0 radical (unpaired) electrons. The number of ether oxygens (including phenoxy) is 2. The molecule has 2 aromatic carbocycles. The van der Waals surface area contributed by atoms with Crippen molar-refractivity contribution in [2.75, 3.05) is 25.6 Å². The lowest BCUT2D eigenvalue weighted by atomic mass is 10.2. The van der Waals surface area contributed by atoms with Gasteiger partial charge in [0.2, 0.25) is 0 Å². The number of para-hydroxylation sites is 2. The van der Waals surface area contributed by atoms with Crippen LogP contribution >= 0.6 is 0 Å². The van der Waals surface area contributed by atoms with E-state index in [0.29, 0.717) is 11.4 Å². The quantitative estimate of drug-likeness (QED) is 0.505. The molecule has 2 aromatic rings. The predicted molar refractivity (Wildman–Crippen MR) is 96.1 cm³/mol. The minimum absolute atomic E-state index is 0.0470. The van der Waals surface area contributed by atoms with Gasteiger partial charge >= 0.3 is 6.18 Å². The average Bonchev–Trinajstić information content (AvgIpc) is 2.64. The van der Waals surface area contributed by atoms with Crippen molar-refractivity contribution >= 4 is 11.6 Å². The van der Waals surface area contributed by atoms with Gasteiger partial charge in [0.15, 0.2) is 5.96 Å². The lowest BCUT2D eigenvalue weighted by Crippen LogP contribution is -2.27. The van der Waals surface area contributed by atoms with Gasteiger partial charge in [0.05, 0.1) is 24.9 Å². The molecule has 0 saturated heterocycles. The van der Waals surface area contributed by atoms with Crippen LogP contribution in [0.5, 0.6) is 11.5 Å². The Morgan fingerprint density at radius 1 is 1.19 bits per heavy atom. The number of anilines is 1. The zero-order valence-electron chi connectivity index (χ0n) is 14.5. The van der Waals surface area contributed by atoms with Gasteiger partial charge in [0.1, 0.15) is 24.2 Å². The SMILES string of the molecule is COc1ccccc1NC(N)=NCC(O)COc1ccc(C(F)(F)F)cc1. The number of benzene rings is 2. The second-order valence-corrected chi connectivity index (χ2v) is 5.54. The maximum absolute atomic E-state index is 12.5. The number of rotatable bonds is 7. The van der Waals surface area contributed by atoms with E-state index in [2.05, 4.69) is 10.3 Å². The van der Waals surface area contributed by atoms with Gasteiger partial charge < -0.3 is 25.6 Å². The van der Waals surface area contributed by atoms with Crippen molar-refractivity contribution < 1.29 is 27.8 Å². The molecule has 0 aliphatic carbocycles. The summed E-state index contributed by atoms with van der Waals surface area (Å²) in [7, 11) is 1.52. The van der Waals surface area contributed by atoms with E-state index in [1.54, 1.807) is 24.3 Å². The Labute approximate surface area is 154 Å². The highest BCUT2D eigenvalue weighted by atomic mass is 19.4. The van der Waals surface area contributed by atoms with Crippen molar-refractivity contribution in [3.8, 4) is 11.5 Å². The van der Waals surface area contributed by atoms with Gasteiger partial charge in [-0.25, -0.2) is 0 Å². The summed E-state index contributed by atoms with van der Waals surface area (Å²) in [4.78, 5) is 4.00. The summed E-state index contributed by atoms with van der Waals surface area (Å²) in [5.41, 5.74) is 5.62. The van der Waals surface area contributed by atoms with Gasteiger partial charge in [-0.15, -0.1) is 0 Å². The van der Waals surface area contributed by atoms with Gasteiger partial charge in [-0.2, -0.15) is 13.2 Å². The summed E-state index contributed by atoms with van der Waals surface area (Å²) in [6.07, 6.45) is -5.39. The van der Waals surface area contributed by atoms with Crippen LogP contribution in [0, 0.1) is 0 Å². The molecule has 0 saturated carbocycles. The fourth-order valence-corrected chi connectivity index (χ4v) is 2.11. The summed E-state index contributed by atoms with van der Waals surface area (Å²) < 4.78 is 47.9. The highest BCUT2D eigenvalue weighted by molar-refractivity contribution is 5.93. The highest BCUT2D eigenvalue weighted by Gasteiger charge is 2.30. The van der Waals surface area contributed by atoms with Crippen LogP contribution in [0.15, 0.2) is 53.5 Å². The molecule has 2 rings (SSSR count). The largest absolute Gasteiger partial charge is 0.495 e. The molecule has 6 nitrogen and oxygen atoms in total. The van der Waals surface area contributed by atoms with Gasteiger partial charge in [-0.3, -0.25) is 4.99 Å². The number of alkyl halides is 3. The molecular weight excluding hydrogens is 363 g/mol. The zero-order chi connectivity index (χ0) is 19.9. The summed E-state index contributed by atoms with van der Waals surface area (Å²) >= 11 is 0. The molecule has 0 heterocycles. The molecule has 1 unspecified atom stereocenters. The fraction of sp³-hybridized carbons (Fsp3) is 0.278. The Morgan fingerprint density at radius 2 is 1.85 bits per heavy atom. The zero-order valence-corrected chi connectivity index (χ0v) is 14.5. The van der Waals surface area contributed by atoms with Crippen molar-refractivity contribution in [3.05, 3.63) is 54.1 Å². The monoisotopic (exact) mass is 383 g/mol. The van der Waals surface area contributed by atoms with Crippen molar-refractivity contribution in [2.24, 2.45) is 10.7 Å². The van der Waals surface area contributed by atoms with E-state index < -0.39 is 17.8 Å². The first-order valence-electron chi connectivity index (χ1n) is 7.97. The number of halogens is 3. The van der Waals surface area contributed by atoms with E-state index in [1.807, 2.05) is 0 Å². The number of methoxy groups -OCH3 is 1. The minimum Gasteiger partial charge on any atom is -0.495 e. The van der Waals surface area contributed by atoms with E-state index in [0.717, 1.165) is 12.1 Å². The van der Waals surface area contributed by atoms with Gasteiger partial charge in [0, 0.05) is 0 Å². The van der Waals surface area contributed by atoms with Crippen LogP contribution in [0.4, 0.5) is 18.9 Å². The Kier molecular flexibility index (Phi) is 6.89. The van der Waals surface area contributed by atoms with Crippen LogP contribution in [-0.4, -0.2) is 37.4 Å². The van der Waals surface area contributed by atoms with Gasteiger partial charge in [0.25, 0.3) is 0 Å². The molecule has 1 atom stereocenters. The second kappa shape index (κ2) is 9.13. The van der Waals surface area contributed by atoms with Crippen LogP contribution < -0.4 is 20.5 Å². The van der Waals surface area contributed by atoms with Gasteiger partial charge in [-0.05, 0) is 36.4 Å². The van der Waals surface area contributed by atoms with E-state index in [4.69, 9.17) is 15.2 Å². The molecule has 146 valence electrons. The maximum Gasteiger partial charge on any atom is 0.416 e. The number of nitrogens with zero attached hydrogens (tertiary/aromatic N) is 1. The van der Waals surface area contributed by atoms with Crippen molar-refractivity contribution in [1.82, 2.24) is 0 Å². The molecule has 27 heavy (non-hydrogen) atoms. The van der Waals surface area contributed by atoms with E-state index in [9.17, 15) is 18.3 Å². The summed E-state index contributed by atoms with van der Waals surface area (Å²) in [5, 5.41) is 12.7. The van der Waals surface area contributed by atoms with Gasteiger partial charge in [-0.1, -0.05) is 12.1 Å². The number of nitrogens with two attached hydrogens (primary N) is 1. The molecule has 0 aliphatic rings. The molecular formula is C18H20F3N3O3. The number of hydrogen-bond acceptors (Lipinski definition) is 4. The first-order chi connectivity index (χ1) is 12.8. The van der Waals surface area contributed by atoms with E-state index >= 15 is 0 Å². The Hall–Kier alpha value is -2.94. The molecule has 0 aliphatic heterocycles. The van der Waals surface area contributed by atoms with Crippen LogP contribution in [0.25, 0.3) is 0 Å². The maximum atomic E-state index is 12.5. The molecule has 0 aromatic heterocycles. The van der Waals surface area contributed by atoms with E-state index in [-0.39, 0.29) is 24.9 Å². The number of nitrogens with one attached hydrogen (secondary N) is 1. The van der Waals surface area contributed by atoms with Crippen molar-refractivity contribution in [3.63, 3.8) is 0 Å². The van der Waals surface area contributed by atoms with Crippen molar-refractivity contribution in [1.29, 1.82) is 0 Å². The number of guanidine groups is 1. The lowest BCUT2D eigenvalue weighted by Gasteiger charge is -2.13. The lowest BCUT2D eigenvalue weighted by molar-refractivity contribution is -0.137. The topological polar surface area (TPSA) is 89.1 Å². The van der Waals surface area contributed by atoms with E-state index in [1.165, 1.54) is 19.2 Å². The number of hydrogen-bond donors (Lipinski definition) is 3. The van der Waals surface area contributed by atoms with Crippen LogP contribution in [0.2, 0.25) is 0 Å². The predicted octanol–water partition coefficient (Wildman–Crippen LogP) is 2.88. The Morgan fingerprint density at radius 3 is 2.48 bits per heavy atom. The number of aliphatic imine (C=N–C) groups is 1. The summed E-state index contributed by atoms with van der Waals surface area (Å²) in [6.45, 7) is -0.189.